The number of hydrogen-bond donors (Lipinski definition) is 0. The fourth-order valence-corrected chi connectivity index (χ4v) is 3.30. The number of hydrogen-bond acceptors (Lipinski definition) is 3. The van der Waals surface area contributed by atoms with E-state index in [1.807, 2.05) is 54.6 Å². The fourth-order valence-electron chi connectivity index (χ4n) is 3.30. The number of benzene rings is 3. The van der Waals surface area contributed by atoms with Crippen LogP contribution in [0.25, 0.3) is 17.2 Å². The number of cyclic esters (lactones) is 1. The van der Waals surface area contributed by atoms with Crippen molar-refractivity contribution in [1.82, 2.24) is 4.90 Å². The quantitative estimate of drug-likeness (QED) is 0.576. The van der Waals surface area contributed by atoms with Crippen molar-refractivity contribution in [3.63, 3.8) is 0 Å². The Morgan fingerprint density at radius 2 is 1.72 bits per heavy atom. The van der Waals surface area contributed by atoms with E-state index in [0.717, 1.165) is 27.2 Å². The summed E-state index contributed by atoms with van der Waals surface area (Å²) in [6, 6.07) is 22.6. The normalized spacial score (nSPS) is 16.2. The van der Waals surface area contributed by atoms with Gasteiger partial charge in [-0.1, -0.05) is 60.7 Å². The summed E-state index contributed by atoms with van der Waals surface area (Å²) >= 11 is 0. The van der Waals surface area contributed by atoms with E-state index in [4.69, 9.17) is 4.74 Å². The van der Waals surface area contributed by atoms with Crippen molar-refractivity contribution in [2.45, 2.75) is 6.04 Å². The molecule has 4 rings (SSSR count). The molecule has 0 bridgehead atoms. The van der Waals surface area contributed by atoms with Crippen molar-refractivity contribution in [3.8, 4) is 11.1 Å². The number of rotatable bonds is 4. The maximum atomic E-state index is 13.1. The Bertz CT molecular complexity index is 1060. The van der Waals surface area contributed by atoms with Crippen molar-refractivity contribution in [2.75, 3.05) is 6.61 Å². The van der Waals surface area contributed by atoms with Crippen molar-refractivity contribution in [3.05, 3.63) is 102 Å². The Labute approximate surface area is 167 Å². The first-order chi connectivity index (χ1) is 14.1. The maximum Gasteiger partial charge on any atom is 0.417 e. The third-order valence-electron chi connectivity index (χ3n) is 4.78. The molecule has 0 radical (unpaired) electrons. The smallest absolute Gasteiger partial charge is 0.417 e. The van der Waals surface area contributed by atoms with Gasteiger partial charge in [-0.25, -0.2) is 14.1 Å². The van der Waals surface area contributed by atoms with Crippen LogP contribution in [0.4, 0.5) is 9.18 Å². The molecule has 3 aromatic rings. The molecule has 0 saturated carbocycles. The van der Waals surface area contributed by atoms with E-state index in [1.54, 1.807) is 18.2 Å². The van der Waals surface area contributed by atoms with Crippen LogP contribution >= 0.6 is 0 Å². The van der Waals surface area contributed by atoms with Gasteiger partial charge in [0, 0.05) is 6.08 Å². The van der Waals surface area contributed by atoms with Gasteiger partial charge in [-0.3, -0.25) is 4.79 Å². The summed E-state index contributed by atoms with van der Waals surface area (Å²) in [5.74, 6) is -0.727. The van der Waals surface area contributed by atoms with Crippen LogP contribution in [0.1, 0.15) is 17.2 Å². The first-order valence-electron chi connectivity index (χ1n) is 9.21. The molecule has 1 aliphatic heterocycles. The highest BCUT2D eigenvalue weighted by atomic mass is 19.1. The first kappa shape index (κ1) is 18.6. The molecule has 1 unspecified atom stereocenters. The van der Waals surface area contributed by atoms with Gasteiger partial charge in [-0.2, -0.15) is 0 Å². The third kappa shape index (κ3) is 4.09. The molecule has 144 valence electrons. The molecule has 2 amide bonds. The molecule has 0 aromatic heterocycles. The third-order valence-corrected chi connectivity index (χ3v) is 4.78. The molecule has 0 spiro atoms. The summed E-state index contributed by atoms with van der Waals surface area (Å²) in [6.45, 7) is 0.141. The van der Waals surface area contributed by atoms with E-state index < -0.39 is 18.0 Å². The number of ether oxygens (including phenoxy) is 1. The molecule has 0 N–H and O–H groups in total. The topological polar surface area (TPSA) is 46.6 Å². The predicted octanol–water partition coefficient (Wildman–Crippen LogP) is 5.23. The highest BCUT2D eigenvalue weighted by molar-refractivity contribution is 6.02. The van der Waals surface area contributed by atoms with Crippen LogP contribution in [0.2, 0.25) is 0 Å². The lowest BCUT2D eigenvalue weighted by Gasteiger charge is -2.18. The highest BCUT2D eigenvalue weighted by Crippen LogP contribution is 2.28. The Kier molecular flexibility index (Phi) is 5.20. The van der Waals surface area contributed by atoms with E-state index >= 15 is 0 Å². The molecule has 4 nitrogen and oxygen atoms in total. The van der Waals surface area contributed by atoms with Crippen LogP contribution in [0, 0.1) is 5.82 Å². The molecule has 1 saturated heterocycles. The van der Waals surface area contributed by atoms with Crippen molar-refractivity contribution < 1.29 is 18.7 Å². The SMILES string of the molecule is O=C(C=Cc1cccc(-c2ccc(F)cc2)c1)N1C(=O)OCC1c1ccccc1. The Balaban J connectivity index is 1.54. The largest absolute Gasteiger partial charge is 0.446 e. The molecule has 1 heterocycles. The van der Waals surface area contributed by atoms with E-state index in [1.165, 1.54) is 18.2 Å². The molecule has 5 heteroatoms. The zero-order valence-electron chi connectivity index (χ0n) is 15.5. The maximum absolute atomic E-state index is 13.1. The molecular formula is C24H18FNO3. The lowest BCUT2D eigenvalue weighted by atomic mass is 10.0. The Hall–Kier alpha value is -3.73. The first-order valence-corrected chi connectivity index (χ1v) is 9.21. The average molecular weight is 387 g/mol. The van der Waals surface area contributed by atoms with Gasteiger partial charge in [0.25, 0.3) is 5.91 Å². The lowest BCUT2D eigenvalue weighted by Crippen LogP contribution is -2.32. The van der Waals surface area contributed by atoms with Crippen LogP contribution in [0.15, 0.2) is 84.9 Å². The second-order valence-electron chi connectivity index (χ2n) is 6.68. The van der Waals surface area contributed by atoms with E-state index in [0.29, 0.717) is 0 Å². The van der Waals surface area contributed by atoms with Gasteiger partial charge in [0.05, 0.1) is 0 Å². The van der Waals surface area contributed by atoms with Gasteiger partial charge >= 0.3 is 6.09 Å². The van der Waals surface area contributed by atoms with Crippen LogP contribution in [-0.4, -0.2) is 23.5 Å². The molecule has 0 aliphatic carbocycles. The molecule has 1 atom stereocenters. The minimum Gasteiger partial charge on any atom is -0.446 e. The number of nitrogens with zero attached hydrogens (tertiary/aromatic N) is 1. The van der Waals surface area contributed by atoms with E-state index in [-0.39, 0.29) is 12.4 Å². The van der Waals surface area contributed by atoms with Crippen molar-refractivity contribution >= 4 is 18.1 Å². The summed E-state index contributed by atoms with van der Waals surface area (Å²) in [5, 5.41) is 0. The summed E-state index contributed by atoms with van der Waals surface area (Å²) < 4.78 is 18.2. The second-order valence-corrected chi connectivity index (χ2v) is 6.68. The summed E-state index contributed by atoms with van der Waals surface area (Å²) in [5.41, 5.74) is 3.42. The highest BCUT2D eigenvalue weighted by Gasteiger charge is 2.37. The number of carbonyl (C=O) groups excluding carboxylic acids is 2. The number of amides is 2. The minimum atomic E-state index is -0.645. The number of carbonyl (C=O) groups is 2. The van der Waals surface area contributed by atoms with Crippen LogP contribution < -0.4 is 0 Å². The molecule has 3 aromatic carbocycles. The van der Waals surface area contributed by atoms with Crippen LogP contribution in [-0.2, 0) is 9.53 Å². The molecular weight excluding hydrogens is 369 g/mol. The van der Waals surface area contributed by atoms with Crippen molar-refractivity contribution in [1.29, 1.82) is 0 Å². The van der Waals surface area contributed by atoms with E-state index in [9.17, 15) is 14.0 Å². The van der Waals surface area contributed by atoms with Crippen molar-refractivity contribution in [2.24, 2.45) is 0 Å². The monoisotopic (exact) mass is 387 g/mol. The Morgan fingerprint density at radius 1 is 0.966 bits per heavy atom. The zero-order valence-corrected chi connectivity index (χ0v) is 15.5. The Morgan fingerprint density at radius 3 is 2.48 bits per heavy atom. The summed E-state index contributed by atoms with van der Waals surface area (Å²) in [6.07, 6.45) is 2.38. The number of imide groups is 1. The molecule has 29 heavy (non-hydrogen) atoms. The van der Waals surface area contributed by atoms with Gasteiger partial charge < -0.3 is 4.74 Å². The second kappa shape index (κ2) is 8.10. The van der Waals surface area contributed by atoms with Gasteiger partial charge in [0.1, 0.15) is 18.5 Å². The zero-order chi connectivity index (χ0) is 20.2. The van der Waals surface area contributed by atoms with Gasteiger partial charge in [0.2, 0.25) is 0 Å². The summed E-state index contributed by atoms with van der Waals surface area (Å²) in [4.78, 5) is 25.9. The van der Waals surface area contributed by atoms with Crippen LogP contribution in [0.5, 0.6) is 0 Å². The number of halogens is 1. The molecule has 1 fully saturated rings. The minimum absolute atomic E-state index is 0.141. The van der Waals surface area contributed by atoms with Gasteiger partial charge in [-0.05, 0) is 46.5 Å². The lowest BCUT2D eigenvalue weighted by molar-refractivity contribution is -0.124. The standard InChI is InChI=1S/C24H18FNO3/c25-21-12-10-18(11-13-21)20-8-4-5-17(15-20)9-14-23(27)26-22(16-29-24(26)28)19-6-2-1-3-7-19/h1-15,22H,16H2. The molecule has 1 aliphatic rings. The van der Waals surface area contributed by atoms with Gasteiger partial charge in [0.15, 0.2) is 0 Å². The van der Waals surface area contributed by atoms with E-state index in [2.05, 4.69) is 0 Å². The average Bonchev–Trinajstić information content (AvgIpc) is 3.15. The summed E-state index contributed by atoms with van der Waals surface area (Å²) in [7, 11) is 0. The van der Waals surface area contributed by atoms with Gasteiger partial charge in [-0.15, -0.1) is 0 Å². The fraction of sp³-hybridized carbons (Fsp3) is 0.0833. The van der Waals surface area contributed by atoms with Crippen LogP contribution in [0.3, 0.4) is 0 Å². The predicted molar refractivity (Wildman–Crippen MR) is 108 cm³/mol.